The monoisotopic (exact) mass is 388 g/mol. The van der Waals surface area contributed by atoms with E-state index in [1.54, 1.807) is 0 Å². The molecule has 156 valence electrons. The fourth-order valence-electron chi connectivity index (χ4n) is 4.29. The summed E-state index contributed by atoms with van der Waals surface area (Å²) in [7, 11) is 0. The van der Waals surface area contributed by atoms with Crippen molar-refractivity contribution in [3.63, 3.8) is 0 Å². The molecule has 1 aromatic carbocycles. The van der Waals surface area contributed by atoms with Crippen molar-refractivity contribution < 1.29 is 14.3 Å². The van der Waals surface area contributed by atoms with Crippen molar-refractivity contribution in [1.82, 2.24) is 10.2 Å². The molecule has 5 nitrogen and oxygen atoms in total. The van der Waals surface area contributed by atoms with E-state index in [4.69, 9.17) is 9.47 Å². The minimum atomic E-state index is 0.0710. The van der Waals surface area contributed by atoms with Crippen molar-refractivity contribution in [3.8, 4) is 5.75 Å². The summed E-state index contributed by atoms with van der Waals surface area (Å²) < 4.78 is 11.4. The summed E-state index contributed by atoms with van der Waals surface area (Å²) in [6.07, 6.45) is 6.25. The van der Waals surface area contributed by atoms with Gasteiger partial charge in [-0.15, -0.1) is 0 Å². The molecule has 1 N–H and O–H groups in total. The van der Waals surface area contributed by atoms with Crippen LogP contribution in [-0.4, -0.2) is 55.8 Å². The van der Waals surface area contributed by atoms with Crippen molar-refractivity contribution in [2.75, 3.05) is 39.5 Å². The molecule has 0 spiro atoms. The van der Waals surface area contributed by atoms with Gasteiger partial charge >= 0.3 is 0 Å². The summed E-state index contributed by atoms with van der Waals surface area (Å²) in [5, 5.41) is 3.18. The SMILES string of the molecule is CC(C)c1ccc(OCCC(=O)NCC2(N3CCCCC3)CCOCC2)cc1. The Hall–Kier alpha value is -1.59. The van der Waals surface area contributed by atoms with Crippen LogP contribution in [-0.2, 0) is 9.53 Å². The standard InChI is InChI=1S/C23H36N2O3/c1-19(2)20-6-8-21(9-7-20)28-15-10-22(26)24-18-23(11-16-27-17-12-23)25-13-4-3-5-14-25/h6-9,19H,3-5,10-18H2,1-2H3,(H,24,26). The van der Waals surface area contributed by atoms with Crippen molar-refractivity contribution in [2.45, 2.75) is 63.8 Å². The number of amides is 1. The van der Waals surface area contributed by atoms with Crippen LogP contribution in [0.3, 0.4) is 0 Å². The summed E-state index contributed by atoms with van der Waals surface area (Å²) in [6.45, 7) is 9.36. The second-order valence-corrected chi connectivity index (χ2v) is 8.48. The molecule has 0 radical (unpaired) electrons. The first-order valence-electron chi connectivity index (χ1n) is 10.9. The molecule has 0 saturated carbocycles. The molecule has 1 amide bonds. The van der Waals surface area contributed by atoms with Crippen LogP contribution in [0, 0.1) is 0 Å². The van der Waals surface area contributed by atoms with E-state index in [1.165, 1.54) is 24.8 Å². The average Bonchev–Trinajstić information content (AvgIpc) is 2.74. The molecule has 0 bridgehead atoms. The second-order valence-electron chi connectivity index (χ2n) is 8.48. The highest BCUT2D eigenvalue weighted by Gasteiger charge is 2.39. The van der Waals surface area contributed by atoms with Crippen LogP contribution in [0.1, 0.15) is 63.9 Å². The van der Waals surface area contributed by atoms with E-state index >= 15 is 0 Å². The number of benzene rings is 1. The number of carbonyl (C=O) groups excluding carboxylic acids is 1. The Kier molecular flexibility index (Phi) is 7.74. The third-order valence-corrected chi connectivity index (χ3v) is 6.21. The predicted octanol–water partition coefficient (Wildman–Crippen LogP) is 3.73. The molecule has 0 aliphatic carbocycles. The molecule has 0 unspecified atom stereocenters. The molecule has 28 heavy (non-hydrogen) atoms. The minimum absolute atomic E-state index is 0.0710. The molecule has 2 heterocycles. The van der Waals surface area contributed by atoms with Crippen molar-refractivity contribution in [2.24, 2.45) is 0 Å². The van der Waals surface area contributed by atoms with E-state index in [1.807, 2.05) is 12.1 Å². The lowest BCUT2D eigenvalue weighted by Gasteiger charge is -2.48. The van der Waals surface area contributed by atoms with E-state index in [2.05, 4.69) is 36.2 Å². The van der Waals surface area contributed by atoms with Gasteiger partial charge in [0.1, 0.15) is 5.75 Å². The maximum atomic E-state index is 12.4. The van der Waals surface area contributed by atoms with Crippen LogP contribution in [0.4, 0.5) is 0 Å². The zero-order valence-corrected chi connectivity index (χ0v) is 17.5. The Morgan fingerprint density at radius 3 is 2.46 bits per heavy atom. The van der Waals surface area contributed by atoms with Gasteiger partial charge in [-0.1, -0.05) is 32.4 Å². The number of piperidine rings is 1. The molecule has 2 aliphatic heterocycles. The molecule has 2 fully saturated rings. The number of carbonyl (C=O) groups is 1. The molecule has 3 rings (SSSR count). The largest absolute Gasteiger partial charge is 0.493 e. The van der Waals surface area contributed by atoms with Gasteiger partial charge in [0.25, 0.3) is 0 Å². The highest BCUT2D eigenvalue weighted by molar-refractivity contribution is 5.76. The number of nitrogens with one attached hydrogen (secondary N) is 1. The van der Waals surface area contributed by atoms with Crippen molar-refractivity contribution >= 4 is 5.91 Å². The van der Waals surface area contributed by atoms with Crippen molar-refractivity contribution in [3.05, 3.63) is 29.8 Å². The van der Waals surface area contributed by atoms with Crippen LogP contribution in [0.2, 0.25) is 0 Å². The fraction of sp³-hybridized carbons (Fsp3) is 0.696. The molecule has 0 atom stereocenters. The van der Waals surface area contributed by atoms with E-state index in [-0.39, 0.29) is 11.4 Å². The fourth-order valence-corrected chi connectivity index (χ4v) is 4.29. The summed E-state index contributed by atoms with van der Waals surface area (Å²) in [4.78, 5) is 15.0. The lowest BCUT2D eigenvalue weighted by atomic mass is 9.86. The zero-order chi connectivity index (χ0) is 19.8. The van der Waals surface area contributed by atoms with Crippen LogP contribution in [0.25, 0.3) is 0 Å². The molecular formula is C23H36N2O3. The summed E-state index contributed by atoms with van der Waals surface area (Å²) in [6, 6.07) is 8.16. The van der Waals surface area contributed by atoms with Gasteiger partial charge in [0, 0.05) is 25.3 Å². The number of ether oxygens (including phenoxy) is 2. The lowest BCUT2D eigenvalue weighted by Crippen LogP contribution is -2.59. The first-order chi connectivity index (χ1) is 13.6. The Balaban J connectivity index is 1.44. The minimum Gasteiger partial charge on any atom is -0.493 e. The van der Waals surface area contributed by atoms with Crippen LogP contribution >= 0.6 is 0 Å². The molecule has 2 aliphatic rings. The number of hydrogen-bond donors (Lipinski definition) is 1. The Labute approximate surface area is 169 Å². The van der Waals surface area contributed by atoms with Gasteiger partial charge in [0.2, 0.25) is 5.91 Å². The van der Waals surface area contributed by atoms with Crippen molar-refractivity contribution in [1.29, 1.82) is 0 Å². The molecule has 1 aromatic rings. The van der Waals surface area contributed by atoms with Gasteiger partial charge in [-0.2, -0.15) is 0 Å². The quantitative estimate of drug-likeness (QED) is 0.737. The number of hydrogen-bond acceptors (Lipinski definition) is 4. The van der Waals surface area contributed by atoms with E-state index in [9.17, 15) is 4.79 Å². The smallest absolute Gasteiger partial charge is 0.223 e. The third kappa shape index (κ3) is 5.71. The number of rotatable bonds is 8. The molecule has 5 heteroatoms. The predicted molar refractivity (Wildman–Crippen MR) is 112 cm³/mol. The highest BCUT2D eigenvalue weighted by Crippen LogP contribution is 2.30. The van der Waals surface area contributed by atoms with Gasteiger partial charge in [-0.3, -0.25) is 9.69 Å². The van der Waals surface area contributed by atoms with Gasteiger partial charge in [0.15, 0.2) is 0 Å². The van der Waals surface area contributed by atoms with Gasteiger partial charge in [0.05, 0.1) is 13.0 Å². The normalized spacial score (nSPS) is 20.1. The molecular weight excluding hydrogens is 352 g/mol. The Bertz CT molecular complexity index is 603. The number of likely N-dealkylation sites (tertiary alicyclic amines) is 1. The second kappa shape index (κ2) is 10.3. The van der Waals surface area contributed by atoms with E-state index < -0.39 is 0 Å². The Morgan fingerprint density at radius 1 is 1.14 bits per heavy atom. The van der Waals surface area contributed by atoms with E-state index in [0.717, 1.165) is 51.4 Å². The average molecular weight is 389 g/mol. The maximum absolute atomic E-state index is 12.4. The first-order valence-corrected chi connectivity index (χ1v) is 10.9. The molecule has 2 saturated heterocycles. The third-order valence-electron chi connectivity index (χ3n) is 6.21. The highest BCUT2D eigenvalue weighted by atomic mass is 16.5. The Morgan fingerprint density at radius 2 is 1.82 bits per heavy atom. The zero-order valence-electron chi connectivity index (χ0n) is 17.5. The van der Waals surface area contributed by atoms with Crippen LogP contribution in [0.15, 0.2) is 24.3 Å². The number of nitrogens with zero attached hydrogens (tertiary/aromatic N) is 1. The first kappa shape index (κ1) is 21.1. The summed E-state index contributed by atoms with van der Waals surface area (Å²) in [5.74, 6) is 1.41. The summed E-state index contributed by atoms with van der Waals surface area (Å²) >= 11 is 0. The van der Waals surface area contributed by atoms with Crippen LogP contribution in [0.5, 0.6) is 5.75 Å². The topological polar surface area (TPSA) is 50.8 Å². The van der Waals surface area contributed by atoms with Gasteiger partial charge in [-0.05, 0) is 62.4 Å². The van der Waals surface area contributed by atoms with Crippen LogP contribution < -0.4 is 10.1 Å². The lowest BCUT2D eigenvalue weighted by molar-refractivity contribution is -0.123. The van der Waals surface area contributed by atoms with Gasteiger partial charge < -0.3 is 14.8 Å². The van der Waals surface area contributed by atoms with E-state index in [0.29, 0.717) is 18.9 Å². The maximum Gasteiger partial charge on any atom is 0.223 e. The molecule has 0 aromatic heterocycles. The summed E-state index contributed by atoms with van der Waals surface area (Å²) in [5.41, 5.74) is 1.37. The van der Waals surface area contributed by atoms with Gasteiger partial charge in [-0.25, -0.2) is 0 Å².